The number of nitrogens with one attached hydrogen (secondary N) is 1. The van der Waals surface area contributed by atoms with Crippen LogP contribution in [0.15, 0.2) is 54.6 Å². The van der Waals surface area contributed by atoms with Gasteiger partial charge in [-0.3, -0.25) is 4.79 Å². The van der Waals surface area contributed by atoms with Crippen molar-refractivity contribution < 1.29 is 19.6 Å². The summed E-state index contributed by atoms with van der Waals surface area (Å²) in [5, 5.41) is 21.2. The minimum absolute atomic E-state index is 0.223. The summed E-state index contributed by atoms with van der Waals surface area (Å²) in [5.41, 5.74) is 1.11. The van der Waals surface area contributed by atoms with E-state index in [1.807, 2.05) is 49.3 Å². The quantitative estimate of drug-likeness (QED) is 0.596. The summed E-state index contributed by atoms with van der Waals surface area (Å²) in [6.07, 6.45) is -0.784. The predicted molar refractivity (Wildman–Crippen MR) is 97.6 cm³/mol. The van der Waals surface area contributed by atoms with Crippen LogP contribution in [0.4, 0.5) is 0 Å². The van der Waals surface area contributed by atoms with Gasteiger partial charge in [0.15, 0.2) is 0 Å². The molecule has 2 rings (SSSR count). The highest BCUT2D eigenvalue weighted by atomic mass is 16.5. The summed E-state index contributed by atoms with van der Waals surface area (Å²) < 4.78 is 5.87. The maximum absolute atomic E-state index is 12.6. The van der Waals surface area contributed by atoms with E-state index in [9.17, 15) is 4.79 Å². The Labute approximate surface area is 148 Å². The van der Waals surface area contributed by atoms with E-state index < -0.39 is 13.2 Å². The van der Waals surface area contributed by atoms with Gasteiger partial charge in [-0.15, -0.1) is 0 Å². The summed E-state index contributed by atoms with van der Waals surface area (Å²) in [6, 6.07) is 15.6. The summed E-state index contributed by atoms with van der Waals surface area (Å²) in [4.78, 5) is 14.6. The van der Waals surface area contributed by atoms with Crippen molar-refractivity contribution in [3.63, 3.8) is 0 Å². The van der Waals surface area contributed by atoms with E-state index in [1.165, 1.54) is 0 Å². The highest BCUT2D eigenvalue weighted by Gasteiger charge is 2.22. The lowest BCUT2D eigenvalue weighted by molar-refractivity contribution is -0.128. The van der Waals surface area contributed by atoms with Gasteiger partial charge >= 0.3 is 7.12 Å². The molecular weight excluding hydrogens is 319 g/mol. The highest BCUT2D eigenvalue weighted by Crippen LogP contribution is 2.21. The van der Waals surface area contributed by atoms with Crippen LogP contribution in [0.5, 0.6) is 5.75 Å². The van der Waals surface area contributed by atoms with Gasteiger partial charge in [0.05, 0.1) is 0 Å². The molecule has 0 aliphatic rings. The number of nitrogens with zero attached hydrogens (tertiary/aromatic N) is 1. The van der Waals surface area contributed by atoms with Gasteiger partial charge in [0, 0.05) is 18.7 Å². The molecule has 0 saturated heterocycles. The van der Waals surface area contributed by atoms with Crippen molar-refractivity contribution in [3.8, 4) is 5.75 Å². The maximum Gasteiger partial charge on any atom is 0.488 e. The molecule has 0 bridgehead atoms. The number of carbonyl (C=O) groups excluding carboxylic acids is 1. The summed E-state index contributed by atoms with van der Waals surface area (Å²) >= 11 is 0. The molecular formula is C18H23BN2O4. The zero-order chi connectivity index (χ0) is 18.2. The number of benzene rings is 2. The third-order valence-electron chi connectivity index (χ3n) is 3.63. The van der Waals surface area contributed by atoms with Crippen molar-refractivity contribution in [1.29, 1.82) is 0 Å². The lowest BCUT2D eigenvalue weighted by Gasteiger charge is -2.20. The first-order chi connectivity index (χ1) is 12.0. The number of likely N-dealkylation sites (N-methyl/N-ethyl adjacent to an activating group) is 1. The van der Waals surface area contributed by atoms with Crippen molar-refractivity contribution in [1.82, 2.24) is 10.2 Å². The summed E-state index contributed by atoms with van der Waals surface area (Å²) in [5.74, 6) is 0.250. The van der Waals surface area contributed by atoms with Crippen LogP contribution in [-0.4, -0.2) is 55.2 Å². The Hall–Kier alpha value is -2.35. The SMILES string of the molecule is CN(C)CCNC(=O)C(Oc1ccc(B(O)O)cc1)c1ccccc1. The minimum Gasteiger partial charge on any atom is -0.476 e. The lowest BCUT2D eigenvalue weighted by Crippen LogP contribution is -2.36. The third kappa shape index (κ3) is 5.90. The molecule has 0 fully saturated rings. The standard InChI is InChI=1S/C18H23BN2O4/c1-21(2)13-12-20-18(22)17(14-6-4-3-5-7-14)25-16-10-8-15(9-11-16)19(23)24/h3-11,17,23-24H,12-13H2,1-2H3,(H,20,22). The molecule has 0 spiro atoms. The van der Waals surface area contributed by atoms with Gasteiger partial charge in [0.25, 0.3) is 5.91 Å². The van der Waals surface area contributed by atoms with E-state index in [-0.39, 0.29) is 5.91 Å². The average molecular weight is 342 g/mol. The number of carbonyl (C=O) groups is 1. The number of rotatable bonds is 8. The molecule has 2 aromatic carbocycles. The molecule has 1 amide bonds. The third-order valence-corrected chi connectivity index (χ3v) is 3.63. The first kappa shape index (κ1) is 19.0. The van der Waals surface area contributed by atoms with Gasteiger partial charge in [-0.05, 0) is 31.7 Å². The Balaban J connectivity index is 2.13. The first-order valence-electron chi connectivity index (χ1n) is 8.07. The Kier molecular flexibility index (Phi) is 7.00. The average Bonchev–Trinajstić information content (AvgIpc) is 2.60. The molecule has 1 atom stereocenters. The minimum atomic E-state index is -1.53. The van der Waals surface area contributed by atoms with Crippen molar-refractivity contribution in [3.05, 3.63) is 60.2 Å². The fourth-order valence-electron chi connectivity index (χ4n) is 2.25. The van der Waals surface area contributed by atoms with E-state index in [4.69, 9.17) is 14.8 Å². The van der Waals surface area contributed by atoms with Crippen LogP contribution in [0.3, 0.4) is 0 Å². The van der Waals surface area contributed by atoms with E-state index in [0.717, 1.165) is 12.1 Å². The number of hydrogen-bond donors (Lipinski definition) is 3. The van der Waals surface area contributed by atoms with Crippen LogP contribution < -0.4 is 15.5 Å². The fourth-order valence-corrected chi connectivity index (χ4v) is 2.25. The largest absolute Gasteiger partial charge is 0.488 e. The monoisotopic (exact) mass is 342 g/mol. The molecule has 0 aliphatic carbocycles. The van der Waals surface area contributed by atoms with Crippen LogP contribution in [0, 0.1) is 0 Å². The van der Waals surface area contributed by atoms with E-state index in [2.05, 4.69) is 5.32 Å². The Bertz CT molecular complexity index is 663. The maximum atomic E-state index is 12.6. The second kappa shape index (κ2) is 9.22. The van der Waals surface area contributed by atoms with Gasteiger partial charge in [0.1, 0.15) is 5.75 Å². The number of hydrogen-bond acceptors (Lipinski definition) is 5. The molecule has 2 aromatic rings. The second-order valence-corrected chi connectivity index (χ2v) is 5.95. The predicted octanol–water partition coefficient (Wildman–Crippen LogP) is 0.164. The lowest BCUT2D eigenvalue weighted by atomic mass is 9.80. The Morgan fingerprint density at radius 1 is 1.12 bits per heavy atom. The van der Waals surface area contributed by atoms with E-state index in [0.29, 0.717) is 17.8 Å². The van der Waals surface area contributed by atoms with Crippen LogP contribution in [0.1, 0.15) is 11.7 Å². The normalized spacial score (nSPS) is 11.9. The second-order valence-electron chi connectivity index (χ2n) is 5.95. The van der Waals surface area contributed by atoms with Crippen LogP contribution in [0.2, 0.25) is 0 Å². The Morgan fingerprint density at radius 3 is 2.32 bits per heavy atom. The van der Waals surface area contributed by atoms with E-state index >= 15 is 0 Å². The molecule has 6 nitrogen and oxygen atoms in total. The van der Waals surface area contributed by atoms with Crippen molar-refractivity contribution in [2.24, 2.45) is 0 Å². The van der Waals surface area contributed by atoms with Crippen LogP contribution in [-0.2, 0) is 4.79 Å². The Morgan fingerprint density at radius 2 is 1.76 bits per heavy atom. The zero-order valence-electron chi connectivity index (χ0n) is 14.4. The topological polar surface area (TPSA) is 82.0 Å². The molecule has 0 aliphatic heterocycles. The molecule has 0 saturated carbocycles. The molecule has 0 heterocycles. The van der Waals surface area contributed by atoms with Crippen LogP contribution in [0.25, 0.3) is 0 Å². The van der Waals surface area contributed by atoms with Gasteiger partial charge in [-0.1, -0.05) is 42.5 Å². The molecule has 1 unspecified atom stereocenters. The van der Waals surface area contributed by atoms with Gasteiger partial charge < -0.3 is 25.0 Å². The van der Waals surface area contributed by atoms with Crippen molar-refractivity contribution in [2.75, 3.05) is 27.2 Å². The summed E-state index contributed by atoms with van der Waals surface area (Å²) in [6.45, 7) is 1.25. The van der Waals surface area contributed by atoms with Crippen molar-refractivity contribution >= 4 is 18.5 Å². The summed E-state index contributed by atoms with van der Waals surface area (Å²) in [7, 11) is 2.34. The molecule has 3 N–H and O–H groups in total. The van der Waals surface area contributed by atoms with E-state index in [1.54, 1.807) is 24.3 Å². The first-order valence-corrected chi connectivity index (χ1v) is 8.07. The van der Waals surface area contributed by atoms with Gasteiger partial charge in [0.2, 0.25) is 6.10 Å². The molecule has 0 aromatic heterocycles. The van der Waals surface area contributed by atoms with Crippen LogP contribution >= 0.6 is 0 Å². The zero-order valence-corrected chi connectivity index (χ0v) is 14.4. The fraction of sp³-hybridized carbons (Fsp3) is 0.278. The number of ether oxygens (including phenoxy) is 1. The molecule has 0 radical (unpaired) electrons. The highest BCUT2D eigenvalue weighted by molar-refractivity contribution is 6.58. The number of amides is 1. The molecule has 7 heteroatoms. The smallest absolute Gasteiger partial charge is 0.476 e. The van der Waals surface area contributed by atoms with Gasteiger partial charge in [-0.2, -0.15) is 0 Å². The van der Waals surface area contributed by atoms with Gasteiger partial charge in [-0.25, -0.2) is 0 Å². The molecule has 25 heavy (non-hydrogen) atoms. The molecule has 132 valence electrons. The van der Waals surface area contributed by atoms with Crippen molar-refractivity contribution in [2.45, 2.75) is 6.10 Å².